The normalized spacial score (nSPS) is 26.3. The van der Waals surface area contributed by atoms with E-state index in [0.717, 1.165) is 5.57 Å². The van der Waals surface area contributed by atoms with Gasteiger partial charge in [0.15, 0.2) is 0 Å². The molecule has 0 aromatic heterocycles. The zero-order valence-corrected chi connectivity index (χ0v) is 6.28. The Kier molecular flexibility index (Phi) is 1.43. The minimum atomic E-state index is -0.328. The molecule has 0 aromatic rings. The van der Waals surface area contributed by atoms with Gasteiger partial charge in [-0.25, -0.2) is 0 Å². The van der Waals surface area contributed by atoms with E-state index in [1.165, 1.54) is 6.08 Å². The van der Waals surface area contributed by atoms with Gasteiger partial charge >= 0.3 is 0 Å². The largest absolute Gasteiger partial charge is 0.292 e. The summed E-state index contributed by atoms with van der Waals surface area (Å²) >= 11 is 0. The summed E-state index contributed by atoms with van der Waals surface area (Å²) in [6.45, 7) is 0. The van der Waals surface area contributed by atoms with Gasteiger partial charge in [0.25, 0.3) is 5.91 Å². The van der Waals surface area contributed by atoms with Crippen LogP contribution in [0.3, 0.4) is 0 Å². The van der Waals surface area contributed by atoms with Crippen LogP contribution in [0.15, 0.2) is 36.0 Å². The van der Waals surface area contributed by atoms with Crippen molar-refractivity contribution in [3.05, 3.63) is 36.0 Å². The number of amides is 2. The highest BCUT2D eigenvalue weighted by atomic mass is 16.2. The van der Waals surface area contributed by atoms with Crippen LogP contribution in [0, 0.1) is 5.92 Å². The van der Waals surface area contributed by atoms with E-state index >= 15 is 0 Å². The van der Waals surface area contributed by atoms with E-state index in [0.29, 0.717) is 0 Å². The molecule has 1 aliphatic heterocycles. The summed E-state index contributed by atoms with van der Waals surface area (Å²) < 4.78 is 0. The molecule has 0 bridgehead atoms. The van der Waals surface area contributed by atoms with E-state index in [-0.39, 0.29) is 17.7 Å². The fourth-order valence-electron chi connectivity index (χ4n) is 1.32. The van der Waals surface area contributed by atoms with Gasteiger partial charge in [-0.2, -0.15) is 0 Å². The number of carbonyl (C=O) groups is 2. The first-order valence-electron chi connectivity index (χ1n) is 3.68. The van der Waals surface area contributed by atoms with Gasteiger partial charge in [0.1, 0.15) is 0 Å². The Hall–Kier alpha value is -1.64. The maximum Gasteiger partial charge on any atom is 0.250 e. The molecule has 2 amide bonds. The van der Waals surface area contributed by atoms with E-state index in [4.69, 9.17) is 0 Å². The van der Waals surface area contributed by atoms with Crippen molar-refractivity contribution < 1.29 is 9.59 Å². The lowest BCUT2D eigenvalue weighted by atomic mass is 9.91. The van der Waals surface area contributed by atoms with Gasteiger partial charge in [0, 0.05) is 6.08 Å². The van der Waals surface area contributed by atoms with E-state index in [1.54, 1.807) is 18.2 Å². The minimum Gasteiger partial charge on any atom is -0.292 e. The summed E-state index contributed by atoms with van der Waals surface area (Å²) in [6, 6.07) is 0. The summed E-state index contributed by atoms with van der Waals surface area (Å²) in [5.41, 5.74) is 0.770. The molecule has 3 nitrogen and oxygen atoms in total. The summed E-state index contributed by atoms with van der Waals surface area (Å²) in [5, 5.41) is 2.24. The lowest BCUT2D eigenvalue weighted by Gasteiger charge is -2.19. The number of hydrogen-bond donors (Lipinski definition) is 1. The zero-order chi connectivity index (χ0) is 8.55. The fourth-order valence-corrected chi connectivity index (χ4v) is 1.32. The third-order valence-corrected chi connectivity index (χ3v) is 1.89. The van der Waals surface area contributed by atoms with E-state index in [2.05, 4.69) is 5.32 Å². The number of imide groups is 1. The highest BCUT2D eigenvalue weighted by molar-refractivity contribution is 6.07. The van der Waals surface area contributed by atoms with Crippen LogP contribution in [0.25, 0.3) is 0 Å². The minimum absolute atomic E-state index is 0.238. The number of hydrogen-bond acceptors (Lipinski definition) is 2. The molecular weight excluding hydrogens is 154 g/mol. The molecule has 0 saturated carbocycles. The quantitative estimate of drug-likeness (QED) is 0.520. The molecule has 1 unspecified atom stereocenters. The van der Waals surface area contributed by atoms with Crippen LogP contribution in [0.2, 0.25) is 0 Å². The SMILES string of the molecule is O=C1C=C2C=CC=CC2C(=O)N1. The standard InChI is InChI=1S/C9H7NO2/c11-8-5-6-3-1-2-4-7(6)9(12)10-8/h1-5,7H,(H,10,11,12). The summed E-state index contributed by atoms with van der Waals surface area (Å²) in [5.74, 6) is -0.836. The third kappa shape index (κ3) is 0.993. The fraction of sp³-hybridized carbons (Fsp3) is 0.111. The van der Waals surface area contributed by atoms with Crippen molar-refractivity contribution in [1.29, 1.82) is 0 Å². The Bertz CT molecular complexity index is 336. The number of fused-ring (bicyclic) bond motifs is 1. The third-order valence-electron chi connectivity index (χ3n) is 1.89. The van der Waals surface area contributed by atoms with Crippen LogP contribution in [0.5, 0.6) is 0 Å². The second-order valence-corrected chi connectivity index (χ2v) is 2.72. The predicted molar refractivity (Wildman–Crippen MR) is 43.0 cm³/mol. The lowest BCUT2D eigenvalue weighted by Crippen LogP contribution is -2.39. The van der Waals surface area contributed by atoms with Gasteiger partial charge in [-0.05, 0) is 5.57 Å². The Labute approximate surface area is 69.5 Å². The van der Waals surface area contributed by atoms with Crippen molar-refractivity contribution >= 4 is 11.8 Å². The Morgan fingerprint density at radius 1 is 1.25 bits per heavy atom. The Morgan fingerprint density at radius 2 is 2.08 bits per heavy atom. The Balaban J connectivity index is 2.43. The predicted octanol–water partition coefficient (Wildman–Crippen LogP) is 0.311. The van der Waals surface area contributed by atoms with Gasteiger partial charge in [0.05, 0.1) is 5.92 Å². The van der Waals surface area contributed by atoms with Crippen molar-refractivity contribution in [3.8, 4) is 0 Å². The number of nitrogens with one attached hydrogen (secondary N) is 1. The van der Waals surface area contributed by atoms with E-state index in [9.17, 15) is 9.59 Å². The average Bonchev–Trinajstić information content (AvgIpc) is 2.04. The second kappa shape index (κ2) is 2.44. The molecule has 0 radical (unpaired) electrons. The number of allylic oxidation sites excluding steroid dienone is 3. The molecule has 60 valence electrons. The smallest absolute Gasteiger partial charge is 0.250 e. The highest BCUT2D eigenvalue weighted by Crippen LogP contribution is 2.21. The zero-order valence-electron chi connectivity index (χ0n) is 6.28. The molecule has 1 N–H and O–H groups in total. The van der Waals surface area contributed by atoms with Crippen LogP contribution in [0.4, 0.5) is 0 Å². The maximum atomic E-state index is 11.2. The summed E-state index contributed by atoms with van der Waals surface area (Å²) in [4.78, 5) is 22.0. The van der Waals surface area contributed by atoms with Crippen LogP contribution < -0.4 is 5.32 Å². The molecule has 2 rings (SSSR count). The van der Waals surface area contributed by atoms with Crippen LogP contribution >= 0.6 is 0 Å². The van der Waals surface area contributed by atoms with Crippen LogP contribution in [0.1, 0.15) is 0 Å². The first kappa shape index (κ1) is 7.03. The van der Waals surface area contributed by atoms with Crippen molar-refractivity contribution in [2.75, 3.05) is 0 Å². The van der Waals surface area contributed by atoms with Crippen molar-refractivity contribution in [3.63, 3.8) is 0 Å². The molecule has 3 heteroatoms. The van der Waals surface area contributed by atoms with E-state index < -0.39 is 0 Å². The molecule has 1 heterocycles. The summed E-state index contributed by atoms with van der Waals surface area (Å²) in [7, 11) is 0. The topological polar surface area (TPSA) is 46.2 Å². The molecule has 0 saturated heterocycles. The van der Waals surface area contributed by atoms with Crippen molar-refractivity contribution in [2.24, 2.45) is 5.92 Å². The Morgan fingerprint density at radius 3 is 2.92 bits per heavy atom. The van der Waals surface area contributed by atoms with Gasteiger partial charge in [-0.15, -0.1) is 0 Å². The molecule has 0 aromatic carbocycles. The molecular formula is C9H7NO2. The first-order valence-corrected chi connectivity index (χ1v) is 3.68. The summed E-state index contributed by atoms with van der Waals surface area (Å²) in [6.07, 6.45) is 8.62. The van der Waals surface area contributed by atoms with Crippen LogP contribution in [-0.2, 0) is 9.59 Å². The highest BCUT2D eigenvalue weighted by Gasteiger charge is 2.26. The molecule has 1 aliphatic carbocycles. The molecule has 12 heavy (non-hydrogen) atoms. The number of rotatable bonds is 0. The van der Waals surface area contributed by atoms with Crippen LogP contribution in [-0.4, -0.2) is 11.8 Å². The van der Waals surface area contributed by atoms with Gasteiger partial charge in [0.2, 0.25) is 5.91 Å². The van der Waals surface area contributed by atoms with Gasteiger partial charge in [-0.1, -0.05) is 24.3 Å². The van der Waals surface area contributed by atoms with Crippen molar-refractivity contribution in [1.82, 2.24) is 5.32 Å². The molecule has 0 spiro atoms. The van der Waals surface area contributed by atoms with Gasteiger partial charge < -0.3 is 0 Å². The van der Waals surface area contributed by atoms with E-state index in [1.807, 2.05) is 6.08 Å². The lowest BCUT2D eigenvalue weighted by molar-refractivity contribution is -0.130. The molecule has 0 fully saturated rings. The first-order chi connectivity index (χ1) is 5.77. The van der Waals surface area contributed by atoms with Crippen molar-refractivity contribution in [2.45, 2.75) is 0 Å². The monoisotopic (exact) mass is 161 g/mol. The molecule has 2 aliphatic rings. The molecule has 1 atom stereocenters. The second-order valence-electron chi connectivity index (χ2n) is 2.72. The maximum absolute atomic E-state index is 11.2. The average molecular weight is 161 g/mol. The van der Waals surface area contributed by atoms with Gasteiger partial charge in [-0.3, -0.25) is 14.9 Å². The number of carbonyl (C=O) groups excluding carboxylic acids is 2.